The molecule has 0 radical (unpaired) electrons. The number of hydrogen-bond acceptors (Lipinski definition) is 3. The third-order valence-corrected chi connectivity index (χ3v) is 4.68. The summed E-state index contributed by atoms with van der Waals surface area (Å²) in [6.45, 7) is 0. The SMILES string of the molecule is Cl.NC(=O)Cc1ncccc1-c1ccc(-n2nc(C(F)(F)F)cc2C2CC2)cc1. The normalized spacial score (nSPS) is 13.8. The Balaban J connectivity index is 0.00000240. The summed E-state index contributed by atoms with van der Waals surface area (Å²) in [7, 11) is 0. The van der Waals surface area contributed by atoms with Crippen molar-refractivity contribution in [2.75, 3.05) is 0 Å². The van der Waals surface area contributed by atoms with Crippen molar-refractivity contribution in [2.45, 2.75) is 31.4 Å². The molecule has 5 nitrogen and oxygen atoms in total. The van der Waals surface area contributed by atoms with Gasteiger partial charge in [0.15, 0.2) is 5.69 Å². The first-order valence-corrected chi connectivity index (χ1v) is 8.83. The van der Waals surface area contributed by atoms with Gasteiger partial charge < -0.3 is 5.73 Å². The Labute approximate surface area is 171 Å². The van der Waals surface area contributed by atoms with Crippen molar-refractivity contribution in [1.29, 1.82) is 0 Å². The topological polar surface area (TPSA) is 73.8 Å². The summed E-state index contributed by atoms with van der Waals surface area (Å²) in [6, 6.07) is 11.7. The highest BCUT2D eigenvalue weighted by molar-refractivity contribution is 5.85. The third-order valence-electron chi connectivity index (χ3n) is 4.68. The van der Waals surface area contributed by atoms with Gasteiger partial charge in [0.1, 0.15) is 0 Å². The molecule has 152 valence electrons. The van der Waals surface area contributed by atoms with Gasteiger partial charge in [0.25, 0.3) is 0 Å². The largest absolute Gasteiger partial charge is 0.435 e. The van der Waals surface area contributed by atoms with Crippen molar-refractivity contribution in [3.05, 3.63) is 65.7 Å². The van der Waals surface area contributed by atoms with Gasteiger partial charge in [-0.25, -0.2) is 4.68 Å². The highest BCUT2D eigenvalue weighted by atomic mass is 35.5. The van der Waals surface area contributed by atoms with E-state index < -0.39 is 17.8 Å². The molecular formula is C20H18ClF3N4O. The minimum absolute atomic E-state index is 0. The number of carbonyl (C=O) groups excluding carboxylic acids is 1. The van der Waals surface area contributed by atoms with Crippen molar-refractivity contribution in [1.82, 2.24) is 14.8 Å². The molecule has 1 aromatic carbocycles. The van der Waals surface area contributed by atoms with Crippen LogP contribution in [0.25, 0.3) is 16.8 Å². The zero-order valence-corrected chi connectivity index (χ0v) is 16.0. The van der Waals surface area contributed by atoms with E-state index in [4.69, 9.17) is 5.73 Å². The molecule has 0 spiro atoms. The third kappa shape index (κ3) is 4.42. The predicted molar refractivity (Wildman–Crippen MR) is 104 cm³/mol. The molecule has 0 saturated heterocycles. The van der Waals surface area contributed by atoms with Gasteiger partial charge in [0, 0.05) is 23.4 Å². The molecule has 0 atom stereocenters. The number of amides is 1. The summed E-state index contributed by atoms with van der Waals surface area (Å²) in [5.74, 6) is -0.370. The lowest BCUT2D eigenvalue weighted by atomic mass is 10.0. The monoisotopic (exact) mass is 422 g/mol. The van der Waals surface area contributed by atoms with Gasteiger partial charge >= 0.3 is 6.18 Å². The Morgan fingerprint density at radius 2 is 1.86 bits per heavy atom. The van der Waals surface area contributed by atoms with Crippen LogP contribution < -0.4 is 5.73 Å². The van der Waals surface area contributed by atoms with Gasteiger partial charge in [0.2, 0.25) is 5.91 Å². The Hall–Kier alpha value is -2.87. The first-order chi connectivity index (χ1) is 13.3. The van der Waals surface area contributed by atoms with Gasteiger partial charge in [-0.3, -0.25) is 9.78 Å². The highest BCUT2D eigenvalue weighted by Crippen LogP contribution is 2.43. The van der Waals surface area contributed by atoms with Crippen LogP contribution in [-0.2, 0) is 17.4 Å². The average Bonchev–Trinajstić information content (AvgIpc) is 3.39. The predicted octanol–water partition coefficient (Wildman–Crippen LogP) is 4.28. The molecule has 1 amide bonds. The van der Waals surface area contributed by atoms with Crippen molar-refractivity contribution in [3.63, 3.8) is 0 Å². The highest BCUT2D eigenvalue weighted by Gasteiger charge is 2.38. The van der Waals surface area contributed by atoms with Crippen LogP contribution in [0.3, 0.4) is 0 Å². The average molecular weight is 423 g/mol. The van der Waals surface area contributed by atoms with E-state index in [0.29, 0.717) is 17.1 Å². The number of carbonyl (C=O) groups is 1. The van der Waals surface area contributed by atoms with Crippen LogP contribution in [0, 0.1) is 0 Å². The molecule has 1 aliphatic rings. The maximum atomic E-state index is 13.1. The first-order valence-electron chi connectivity index (χ1n) is 8.83. The summed E-state index contributed by atoms with van der Waals surface area (Å²) in [4.78, 5) is 15.5. The van der Waals surface area contributed by atoms with Crippen LogP contribution >= 0.6 is 12.4 Å². The molecule has 29 heavy (non-hydrogen) atoms. The zero-order valence-electron chi connectivity index (χ0n) is 15.2. The number of benzene rings is 1. The van der Waals surface area contributed by atoms with E-state index in [2.05, 4.69) is 10.1 Å². The minimum Gasteiger partial charge on any atom is -0.369 e. The molecule has 1 aliphatic carbocycles. The van der Waals surface area contributed by atoms with Gasteiger partial charge in [-0.1, -0.05) is 18.2 Å². The summed E-state index contributed by atoms with van der Waals surface area (Å²) < 4.78 is 40.7. The summed E-state index contributed by atoms with van der Waals surface area (Å²) in [5, 5.41) is 3.79. The molecule has 1 saturated carbocycles. The molecule has 2 aromatic heterocycles. The van der Waals surface area contributed by atoms with Gasteiger partial charge in [0.05, 0.1) is 17.8 Å². The van der Waals surface area contributed by atoms with E-state index in [1.54, 1.807) is 36.5 Å². The molecule has 4 rings (SSSR count). The van der Waals surface area contributed by atoms with Gasteiger partial charge in [-0.15, -0.1) is 12.4 Å². The lowest BCUT2D eigenvalue weighted by Crippen LogP contribution is -2.15. The maximum absolute atomic E-state index is 13.1. The quantitative estimate of drug-likeness (QED) is 0.667. The van der Waals surface area contributed by atoms with Crippen LogP contribution in [-0.4, -0.2) is 20.7 Å². The van der Waals surface area contributed by atoms with Gasteiger partial charge in [-0.2, -0.15) is 18.3 Å². The number of halogens is 4. The Kier molecular flexibility index (Phi) is 5.66. The van der Waals surface area contributed by atoms with Crippen molar-refractivity contribution in [2.24, 2.45) is 5.73 Å². The van der Waals surface area contributed by atoms with Crippen LogP contribution in [0.2, 0.25) is 0 Å². The Morgan fingerprint density at radius 3 is 2.45 bits per heavy atom. The number of aromatic nitrogens is 3. The van der Waals surface area contributed by atoms with Crippen LogP contribution in [0.15, 0.2) is 48.7 Å². The summed E-state index contributed by atoms with van der Waals surface area (Å²) >= 11 is 0. The van der Waals surface area contributed by atoms with Crippen molar-refractivity contribution < 1.29 is 18.0 Å². The van der Waals surface area contributed by atoms with E-state index in [9.17, 15) is 18.0 Å². The molecule has 2 N–H and O–H groups in total. The standard InChI is InChI=1S/C20H17F3N4O.ClH/c21-20(22,23)18-11-17(13-3-4-13)27(26-18)14-7-5-12(6-8-14)15-2-1-9-25-16(15)10-19(24)28;/h1-2,5-9,11,13H,3-4,10H2,(H2,24,28);1H. The summed E-state index contributed by atoms with van der Waals surface area (Å²) in [5.41, 5.74) is 7.64. The second-order valence-corrected chi connectivity index (χ2v) is 6.83. The van der Waals surface area contributed by atoms with Crippen LogP contribution in [0.5, 0.6) is 0 Å². The number of rotatable bonds is 5. The number of pyridine rings is 1. The molecular weight excluding hydrogens is 405 g/mol. The Morgan fingerprint density at radius 1 is 1.17 bits per heavy atom. The van der Waals surface area contributed by atoms with E-state index in [0.717, 1.165) is 30.0 Å². The van der Waals surface area contributed by atoms with Crippen molar-refractivity contribution >= 4 is 18.3 Å². The molecule has 9 heteroatoms. The van der Waals surface area contributed by atoms with Crippen LogP contribution in [0.1, 0.15) is 35.8 Å². The fourth-order valence-electron chi connectivity index (χ4n) is 3.20. The molecule has 0 bridgehead atoms. The summed E-state index contributed by atoms with van der Waals surface area (Å²) in [6.07, 6.45) is -1.15. The minimum atomic E-state index is -4.48. The van der Waals surface area contributed by atoms with E-state index in [1.807, 2.05) is 6.07 Å². The first kappa shape index (κ1) is 20.9. The lowest BCUT2D eigenvalue weighted by molar-refractivity contribution is -0.141. The fraction of sp³-hybridized carbons (Fsp3) is 0.250. The van der Waals surface area contributed by atoms with Crippen LogP contribution in [0.4, 0.5) is 13.2 Å². The Bertz CT molecular complexity index is 1030. The van der Waals surface area contributed by atoms with E-state index in [1.165, 1.54) is 4.68 Å². The second kappa shape index (κ2) is 7.87. The molecule has 3 aromatic rings. The maximum Gasteiger partial charge on any atom is 0.435 e. The number of alkyl halides is 3. The smallest absolute Gasteiger partial charge is 0.369 e. The van der Waals surface area contributed by atoms with Crippen molar-refractivity contribution in [3.8, 4) is 16.8 Å². The molecule has 1 fully saturated rings. The fourth-order valence-corrected chi connectivity index (χ4v) is 3.20. The number of primary amides is 1. The number of nitrogens with zero attached hydrogens (tertiary/aromatic N) is 3. The van der Waals surface area contributed by atoms with Gasteiger partial charge in [-0.05, 0) is 42.7 Å². The molecule has 0 aliphatic heterocycles. The number of hydrogen-bond donors (Lipinski definition) is 1. The zero-order chi connectivity index (χ0) is 19.9. The molecule has 0 unspecified atom stereocenters. The van der Waals surface area contributed by atoms with E-state index in [-0.39, 0.29) is 24.7 Å². The second-order valence-electron chi connectivity index (χ2n) is 6.83. The molecule has 2 heterocycles. The lowest BCUT2D eigenvalue weighted by Gasteiger charge is -2.10. The van der Waals surface area contributed by atoms with E-state index >= 15 is 0 Å². The number of nitrogens with two attached hydrogens (primary N) is 1.